The molecule has 1 unspecified atom stereocenters. The van der Waals surface area contributed by atoms with Crippen molar-refractivity contribution in [2.75, 3.05) is 19.8 Å². The lowest BCUT2D eigenvalue weighted by Crippen LogP contribution is -2.46. The van der Waals surface area contributed by atoms with Crippen LogP contribution < -0.4 is 11.1 Å². The van der Waals surface area contributed by atoms with Gasteiger partial charge >= 0.3 is 7.82 Å². The Morgan fingerprint density at radius 1 is 0.630 bits per heavy atom. The maximum Gasteiger partial charge on any atom is 0.472 e. The van der Waals surface area contributed by atoms with Gasteiger partial charge in [0, 0.05) is 13.0 Å². The van der Waals surface area contributed by atoms with Crippen LogP contribution in [-0.2, 0) is 18.4 Å². The van der Waals surface area contributed by atoms with Crippen LogP contribution in [0.1, 0.15) is 200 Å². The minimum atomic E-state index is -4.30. The Kier molecular flexibility index (Phi) is 34.0. The Hall–Kier alpha value is -0.500. The van der Waals surface area contributed by atoms with Crippen LogP contribution in [0.2, 0.25) is 0 Å². The summed E-state index contributed by atoms with van der Waals surface area (Å²) in [5, 5.41) is 13.7. The maximum absolute atomic E-state index is 12.7. The number of rotatable bonds is 37. The quantitative estimate of drug-likeness (QED) is 0.0380. The molecule has 0 aromatic rings. The van der Waals surface area contributed by atoms with Crippen molar-refractivity contribution >= 4 is 13.7 Å². The van der Waals surface area contributed by atoms with Gasteiger partial charge < -0.3 is 21.1 Å². The number of aliphatic hydroxyl groups excluding tert-OH is 1. The van der Waals surface area contributed by atoms with E-state index in [1.165, 1.54) is 135 Å². The lowest BCUT2D eigenvalue weighted by Gasteiger charge is -2.25. The van der Waals surface area contributed by atoms with Gasteiger partial charge in [0.2, 0.25) is 5.91 Å². The molecule has 0 bridgehead atoms. The lowest BCUT2D eigenvalue weighted by molar-refractivity contribution is -0.123. The molecule has 0 saturated carbocycles. The van der Waals surface area contributed by atoms with E-state index in [0.29, 0.717) is 12.8 Å². The van der Waals surface area contributed by atoms with Gasteiger partial charge in [-0.2, -0.15) is 0 Å². The number of phosphoric acid groups is 1. The molecule has 8 nitrogen and oxygen atoms in total. The third-order valence-corrected chi connectivity index (χ3v) is 9.95. The molecule has 0 aliphatic carbocycles. The predicted molar refractivity (Wildman–Crippen MR) is 194 cm³/mol. The van der Waals surface area contributed by atoms with Crippen LogP contribution in [0.5, 0.6) is 0 Å². The van der Waals surface area contributed by atoms with Gasteiger partial charge in [-0.1, -0.05) is 181 Å². The summed E-state index contributed by atoms with van der Waals surface area (Å²) in [7, 11) is -4.30. The zero-order valence-corrected chi connectivity index (χ0v) is 31.2. The number of nitrogens with two attached hydrogens (primary N) is 1. The van der Waals surface area contributed by atoms with E-state index in [-0.39, 0.29) is 25.7 Å². The van der Waals surface area contributed by atoms with Gasteiger partial charge in [-0.25, -0.2) is 4.57 Å². The van der Waals surface area contributed by atoms with Gasteiger partial charge in [0.05, 0.1) is 25.4 Å². The molecule has 0 saturated heterocycles. The molecule has 0 radical (unpaired) electrons. The van der Waals surface area contributed by atoms with Crippen molar-refractivity contribution in [1.82, 2.24) is 5.32 Å². The second-order valence-corrected chi connectivity index (χ2v) is 15.0. The third-order valence-electron chi connectivity index (χ3n) is 8.96. The molecule has 1 amide bonds. The highest BCUT2D eigenvalue weighted by molar-refractivity contribution is 7.47. The maximum atomic E-state index is 12.7. The second kappa shape index (κ2) is 34.4. The summed E-state index contributed by atoms with van der Waals surface area (Å²) in [6.07, 6.45) is 33.8. The largest absolute Gasteiger partial charge is 0.472 e. The first-order chi connectivity index (χ1) is 22.4. The number of phosphoric ester groups is 1. The topological polar surface area (TPSA) is 131 Å². The average Bonchev–Trinajstić information content (AvgIpc) is 3.04. The van der Waals surface area contributed by atoms with Gasteiger partial charge in [-0.15, -0.1) is 0 Å². The van der Waals surface area contributed by atoms with Crippen LogP contribution in [0, 0.1) is 0 Å². The summed E-state index contributed by atoms with van der Waals surface area (Å²) >= 11 is 0. The predicted octanol–water partition coefficient (Wildman–Crippen LogP) is 10.3. The van der Waals surface area contributed by atoms with Crippen molar-refractivity contribution in [3.63, 3.8) is 0 Å². The molecule has 9 heteroatoms. The summed E-state index contributed by atoms with van der Waals surface area (Å²) in [4.78, 5) is 22.6. The number of carbonyl (C=O) groups excluding carboxylic acids is 1. The number of hydrogen-bond donors (Lipinski definition) is 4. The summed E-state index contributed by atoms with van der Waals surface area (Å²) in [6, 6.07) is -0.765. The SMILES string of the molecule is CCCCCCCCCCCCCCCCC(=O)N[C@@H](COP(=O)(O)OCCN)[C@H](O)CCCCCCCCCCCCCCC. The number of unbranched alkanes of at least 4 members (excludes halogenated alkanes) is 25. The Morgan fingerprint density at radius 2 is 1.00 bits per heavy atom. The fourth-order valence-corrected chi connectivity index (χ4v) is 6.72. The zero-order valence-electron chi connectivity index (χ0n) is 30.3. The summed E-state index contributed by atoms with van der Waals surface area (Å²) in [5.74, 6) is -0.160. The molecular weight excluding hydrogens is 599 g/mol. The molecule has 0 spiro atoms. The number of aliphatic hydroxyl groups is 1. The Labute approximate surface area is 284 Å². The van der Waals surface area contributed by atoms with Crippen LogP contribution in [0.15, 0.2) is 0 Å². The van der Waals surface area contributed by atoms with Gasteiger partial charge in [-0.3, -0.25) is 13.8 Å². The van der Waals surface area contributed by atoms with E-state index in [1.807, 2.05) is 0 Å². The van der Waals surface area contributed by atoms with Crippen molar-refractivity contribution < 1.29 is 28.4 Å². The highest BCUT2D eigenvalue weighted by Crippen LogP contribution is 2.43. The summed E-state index contributed by atoms with van der Waals surface area (Å²) in [6.45, 7) is 4.21. The molecule has 0 fully saturated rings. The summed E-state index contributed by atoms with van der Waals surface area (Å²) in [5.41, 5.74) is 5.36. The van der Waals surface area contributed by atoms with Gasteiger partial charge in [0.1, 0.15) is 0 Å². The molecule has 5 N–H and O–H groups in total. The summed E-state index contributed by atoms with van der Waals surface area (Å²) < 4.78 is 22.1. The molecule has 0 heterocycles. The van der Waals surface area contributed by atoms with E-state index in [9.17, 15) is 19.4 Å². The normalized spacial score (nSPS) is 14.3. The van der Waals surface area contributed by atoms with Crippen LogP contribution >= 0.6 is 7.82 Å². The number of amides is 1. The Balaban J connectivity index is 4.20. The van der Waals surface area contributed by atoms with Crippen LogP contribution in [-0.4, -0.2) is 47.8 Å². The number of hydrogen-bond acceptors (Lipinski definition) is 6. The van der Waals surface area contributed by atoms with Crippen molar-refractivity contribution in [3.8, 4) is 0 Å². The highest BCUT2D eigenvalue weighted by Gasteiger charge is 2.27. The third kappa shape index (κ3) is 32.1. The molecule has 0 aromatic carbocycles. The Morgan fingerprint density at radius 3 is 1.39 bits per heavy atom. The van der Waals surface area contributed by atoms with E-state index in [1.54, 1.807) is 0 Å². The monoisotopic (exact) mass is 677 g/mol. The Bertz CT molecular complexity index is 699. The van der Waals surface area contributed by atoms with Crippen LogP contribution in [0.25, 0.3) is 0 Å². The van der Waals surface area contributed by atoms with E-state index in [4.69, 9.17) is 14.8 Å². The smallest absolute Gasteiger partial charge is 0.391 e. The first kappa shape index (κ1) is 45.5. The fraction of sp³-hybridized carbons (Fsp3) is 0.973. The first-order valence-corrected chi connectivity index (χ1v) is 21.1. The van der Waals surface area contributed by atoms with Gasteiger partial charge in [0.25, 0.3) is 0 Å². The molecule has 46 heavy (non-hydrogen) atoms. The van der Waals surface area contributed by atoms with Crippen LogP contribution in [0.3, 0.4) is 0 Å². The molecule has 0 aliphatic heterocycles. The van der Waals surface area contributed by atoms with Gasteiger partial charge in [0.15, 0.2) is 0 Å². The molecule has 0 rings (SSSR count). The van der Waals surface area contributed by atoms with Crippen molar-refractivity contribution in [2.24, 2.45) is 5.73 Å². The zero-order chi connectivity index (χ0) is 34.0. The van der Waals surface area contributed by atoms with Crippen molar-refractivity contribution in [1.29, 1.82) is 0 Å². The number of carbonyl (C=O) groups is 1. The average molecular weight is 677 g/mol. The molecule has 3 atom stereocenters. The van der Waals surface area contributed by atoms with Crippen molar-refractivity contribution in [3.05, 3.63) is 0 Å². The molecular formula is C37H77N2O6P. The lowest BCUT2D eigenvalue weighted by atomic mass is 10.0. The van der Waals surface area contributed by atoms with E-state index < -0.39 is 20.0 Å². The molecule has 0 aromatic heterocycles. The van der Waals surface area contributed by atoms with Crippen LogP contribution in [0.4, 0.5) is 0 Å². The second-order valence-electron chi connectivity index (χ2n) is 13.5. The minimum absolute atomic E-state index is 0.0922. The molecule has 276 valence electrons. The van der Waals surface area contributed by atoms with E-state index >= 15 is 0 Å². The van der Waals surface area contributed by atoms with Crippen molar-refractivity contribution in [2.45, 2.75) is 212 Å². The fourth-order valence-electron chi connectivity index (χ4n) is 5.96. The highest BCUT2D eigenvalue weighted by atomic mass is 31.2. The van der Waals surface area contributed by atoms with E-state index in [0.717, 1.165) is 38.5 Å². The number of nitrogens with one attached hydrogen (secondary N) is 1. The van der Waals surface area contributed by atoms with Gasteiger partial charge in [-0.05, 0) is 12.8 Å². The standard InChI is InChI=1S/C37H77N2O6P/c1-3-5-7-9-11-13-15-17-19-21-23-25-27-29-31-37(41)39-35(34-45-46(42,43)44-33-32-38)36(40)30-28-26-24-22-20-18-16-14-12-10-8-6-4-2/h35-36,40H,3-34,38H2,1-2H3,(H,39,41)(H,42,43)/t35-,36+/m0/s1. The first-order valence-electron chi connectivity index (χ1n) is 19.7. The van der Waals surface area contributed by atoms with E-state index in [2.05, 4.69) is 19.2 Å². The minimum Gasteiger partial charge on any atom is -0.391 e. The molecule has 0 aliphatic rings.